The molecule has 0 atom stereocenters. The highest BCUT2D eigenvalue weighted by molar-refractivity contribution is 6.32. The fourth-order valence-corrected chi connectivity index (χ4v) is 2.15. The Morgan fingerprint density at radius 2 is 1.87 bits per heavy atom. The number of benzene rings is 2. The number of esters is 1. The number of nitrogens with zero attached hydrogens (tertiary/aromatic N) is 1. The molecule has 0 saturated carbocycles. The van der Waals surface area contributed by atoms with Crippen molar-refractivity contribution in [3.05, 3.63) is 62.7 Å². The molecule has 0 radical (unpaired) electrons. The first kappa shape index (κ1) is 16.8. The van der Waals surface area contributed by atoms with Gasteiger partial charge in [-0.15, -0.1) is 0 Å². The molecule has 120 valence electrons. The summed E-state index contributed by atoms with van der Waals surface area (Å²) in [6.07, 6.45) is 0. The number of hydrogen-bond acceptors (Lipinski definition) is 5. The number of carbonyl (C=O) groups excluding carboxylic acids is 1. The Labute approximate surface area is 137 Å². The number of carbonyl (C=O) groups is 1. The average molecular weight is 336 g/mol. The molecule has 23 heavy (non-hydrogen) atoms. The lowest BCUT2D eigenvalue weighted by atomic mass is 10.1. The number of hydrogen-bond donors (Lipinski definition) is 0. The van der Waals surface area contributed by atoms with Crippen LogP contribution in [0.4, 0.5) is 5.69 Å². The van der Waals surface area contributed by atoms with E-state index >= 15 is 0 Å². The normalized spacial score (nSPS) is 10.2. The lowest BCUT2D eigenvalue weighted by Gasteiger charge is -2.10. The summed E-state index contributed by atoms with van der Waals surface area (Å²) in [4.78, 5) is 21.8. The fourth-order valence-electron chi connectivity index (χ4n) is 1.94. The lowest BCUT2D eigenvalue weighted by molar-refractivity contribution is -0.384. The molecule has 2 rings (SSSR count). The van der Waals surface area contributed by atoms with Crippen molar-refractivity contribution in [2.24, 2.45) is 0 Å². The zero-order chi connectivity index (χ0) is 17.0. The summed E-state index contributed by atoms with van der Waals surface area (Å²) in [7, 11) is 0. The van der Waals surface area contributed by atoms with Gasteiger partial charge in [0.05, 0.1) is 9.95 Å². The van der Waals surface area contributed by atoms with Gasteiger partial charge in [0.15, 0.2) is 6.61 Å². The minimum absolute atomic E-state index is 0.0148. The van der Waals surface area contributed by atoms with Crippen molar-refractivity contribution in [1.82, 2.24) is 0 Å². The Morgan fingerprint density at radius 1 is 1.17 bits per heavy atom. The molecule has 2 aromatic rings. The van der Waals surface area contributed by atoms with Crippen molar-refractivity contribution in [3.63, 3.8) is 0 Å². The van der Waals surface area contributed by atoms with Gasteiger partial charge in [-0.25, -0.2) is 4.79 Å². The Kier molecular flexibility index (Phi) is 5.18. The van der Waals surface area contributed by atoms with Crippen LogP contribution in [0.15, 0.2) is 36.4 Å². The summed E-state index contributed by atoms with van der Waals surface area (Å²) in [5.41, 5.74) is 1.82. The van der Waals surface area contributed by atoms with Crippen LogP contribution in [0.1, 0.15) is 11.1 Å². The third kappa shape index (κ3) is 4.43. The number of aryl methyl sites for hydroxylation is 2. The highest BCUT2D eigenvalue weighted by Crippen LogP contribution is 2.28. The molecule has 0 saturated heterocycles. The largest absolute Gasteiger partial charge is 0.482 e. The summed E-state index contributed by atoms with van der Waals surface area (Å²) < 4.78 is 10.4. The molecule has 2 aromatic carbocycles. The summed E-state index contributed by atoms with van der Waals surface area (Å²) in [5.74, 6) is -0.0189. The van der Waals surface area contributed by atoms with Crippen molar-refractivity contribution in [2.75, 3.05) is 6.61 Å². The molecule has 0 aromatic heterocycles. The standard InChI is InChI=1S/C16H14ClNO5/c1-10-3-5-14(11(2)7-10)22-9-16(19)23-15-6-4-12(18(20)21)8-13(15)17/h3-8H,9H2,1-2H3. The number of nitro benzene ring substituents is 1. The zero-order valence-electron chi connectivity index (χ0n) is 12.5. The fraction of sp³-hybridized carbons (Fsp3) is 0.188. The van der Waals surface area contributed by atoms with E-state index in [9.17, 15) is 14.9 Å². The summed E-state index contributed by atoms with van der Waals surface area (Å²) in [6, 6.07) is 9.19. The first-order chi connectivity index (χ1) is 10.9. The Hall–Kier alpha value is -2.60. The van der Waals surface area contributed by atoms with Crippen LogP contribution < -0.4 is 9.47 Å². The van der Waals surface area contributed by atoms with Gasteiger partial charge in [-0.1, -0.05) is 29.3 Å². The highest BCUT2D eigenvalue weighted by Gasteiger charge is 2.14. The van der Waals surface area contributed by atoms with E-state index in [1.54, 1.807) is 6.07 Å². The van der Waals surface area contributed by atoms with Crippen molar-refractivity contribution in [1.29, 1.82) is 0 Å². The molecule has 7 heteroatoms. The monoisotopic (exact) mass is 335 g/mol. The Balaban J connectivity index is 1.98. The van der Waals surface area contributed by atoms with Gasteiger partial charge in [-0.05, 0) is 31.5 Å². The van der Waals surface area contributed by atoms with Gasteiger partial charge in [0.25, 0.3) is 5.69 Å². The molecular weight excluding hydrogens is 322 g/mol. The molecule has 0 unspecified atom stereocenters. The molecule has 0 fully saturated rings. The van der Waals surface area contributed by atoms with Crippen molar-refractivity contribution < 1.29 is 19.2 Å². The maximum Gasteiger partial charge on any atom is 0.349 e. The van der Waals surface area contributed by atoms with Gasteiger partial charge in [-0.3, -0.25) is 10.1 Å². The smallest absolute Gasteiger partial charge is 0.349 e. The molecule has 0 amide bonds. The molecule has 0 spiro atoms. The van der Waals surface area contributed by atoms with E-state index in [1.165, 1.54) is 12.1 Å². The van der Waals surface area contributed by atoms with E-state index in [0.29, 0.717) is 5.75 Å². The van der Waals surface area contributed by atoms with Crippen LogP contribution in [0.3, 0.4) is 0 Å². The van der Waals surface area contributed by atoms with Crippen molar-refractivity contribution >= 4 is 23.3 Å². The summed E-state index contributed by atoms with van der Waals surface area (Å²) in [5, 5.41) is 10.6. The van der Waals surface area contributed by atoms with Gasteiger partial charge in [-0.2, -0.15) is 0 Å². The maximum atomic E-state index is 11.8. The first-order valence-electron chi connectivity index (χ1n) is 6.71. The van der Waals surface area contributed by atoms with Crippen molar-refractivity contribution in [2.45, 2.75) is 13.8 Å². The summed E-state index contributed by atoms with van der Waals surface area (Å²) in [6.45, 7) is 3.54. The molecule has 0 N–H and O–H groups in total. The third-order valence-corrected chi connectivity index (χ3v) is 3.32. The quantitative estimate of drug-likeness (QED) is 0.359. The van der Waals surface area contributed by atoms with E-state index in [2.05, 4.69) is 0 Å². The molecular formula is C16H14ClNO5. The third-order valence-electron chi connectivity index (χ3n) is 3.03. The van der Waals surface area contributed by atoms with Crippen LogP contribution in [0, 0.1) is 24.0 Å². The van der Waals surface area contributed by atoms with Crippen LogP contribution >= 0.6 is 11.6 Å². The second-order valence-electron chi connectivity index (χ2n) is 4.90. The van der Waals surface area contributed by atoms with Crippen molar-refractivity contribution in [3.8, 4) is 11.5 Å². The predicted molar refractivity (Wildman–Crippen MR) is 85.2 cm³/mol. The van der Waals surface area contributed by atoms with Gasteiger partial charge >= 0.3 is 5.97 Å². The number of halogens is 1. The maximum absolute atomic E-state index is 11.8. The van der Waals surface area contributed by atoms with E-state index in [-0.39, 0.29) is 23.1 Å². The Bertz CT molecular complexity index is 760. The molecule has 0 aliphatic carbocycles. The van der Waals surface area contributed by atoms with Crippen LogP contribution in [-0.4, -0.2) is 17.5 Å². The minimum atomic E-state index is -0.652. The first-order valence-corrected chi connectivity index (χ1v) is 7.09. The molecule has 0 heterocycles. The summed E-state index contributed by atoms with van der Waals surface area (Å²) >= 11 is 5.85. The predicted octanol–water partition coefficient (Wildman–Crippen LogP) is 3.85. The average Bonchev–Trinajstić information content (AvgIpc) is 2.48. The molecule has 6 nitrogen and oxygen atoms in total. The Morgan fingerprint density at radius 3 is 2.48 bits per heavy atom. The van der Waals surface area contributed by atoms with Gasteiger partial charge in [0, 0.05) is 12.1 Å². The number of ether oxygens (including phenoxy) is 2. The number of non-ortho nitro benzene ring substituents is 1. The number of nitro groups is 1. The molecule has 0 aliphatic rings. The van der Waals surface area contributed by atoms with Crippen LogP contribution in [0.5, 0.6) is 11.5 Å². The van der Waals surface area contributed by atoms with Crippen LogP contribution in [0.25, 0.3) is 0 Å². The zero-order valence-corrected chi connectivity index (χ0v) is 13.3. The van der Waals surface area contributed by atoms with E-state index in [0.717, 1.165) is 17.2 Å². The van der Waals surface area contributed by atoms with Gasteiger partial charge in [0.2, 0.25) is 0 Å². The van der Waals surface area contributed by atoms with Crippen LogP contribution in [0.2, 0.25) is 5.02 Å². The highest BCUT2D eigenvalue weighted by atomic mass is 35.5. The van der Waals surface area contributed by atoms with Gasteiger partial charge in [0.1, 0.15) is 11.5 Å². The van der Waals surface area contributed by atoms with E-state index < -0.39 is 10.9 Å². The van der Waals surface area contributed by atoms with Crippen LogP contribution in [-0.2, 0) is 4.79 Å². The lowest BCUT2D eigenvalue weighted by Crippen LogP contribution is -2.18. The topological polar surface area (TPSA) is 78.7 Å². The molecule has 0 aliphatic heterocycles. The van der Waals surface area contributed by atoms with E-state index in [4.69, 9.17) is 21.1 Å². The second-order valence-corrected chi connectivity index (χ2v) is 5.31. The van der Waals surface area contributed by atoms with E-state index in [1.807, 2.05) is 26.0 Å². The number of rotatable bonds is 5. The molecule has 0 bridgehead atoms. The second kappa shape index (κ2) is 7.11. The minimum Gasteiger partial charge on any atom is -0.482 e. The SMILES string of the molecule is Cc1ccc(OCC(=O)Oc2ccc([N+](=O)[O-])cc2Cl)c(C)c1. The van der Waals surface area contributed by atoms with Gasteiger partial charge < -0.3 is 9.47 Å².